The molecule has 0 saturated heterocycles. The zero-order valence-electron chi connectivity index (χ0n) is 16.8. The summed E-state index contributed by atoms with van der Waals surface area (Å²) in [6.07, 6.45) is 13.7. The van der Waals surface area contributed by atoms with E-state index in [-0.39, 0.29) is 0 Å². The van der Waals surface area contributed by atoms with Gasteiger partial charge in [-0.2, -0.15) is 4.57 Å². The molecule has 29 heavy (non-hydrogen) atoms. The summed E-state index contributed by atoms with van der Waals surface area (Å²) in [5.41, 5.74) is 5.17. The van der Waals surface area contributed by atoms with Crippen LogP contribution in [0.15, 0.2) is 81.7 Å². The van der Waals surface area contributed by atoms with Crippen molar-refractivity contribution in [3.63, 3.8) is 0 Å². The first-order chi connectivity index (χ1) is 14.3. The Morgan fingerprint density at radius 1 is 0.897 bits per heavy atom. The highest BCUT2D eigenvalue weighted by Crippen LogP contribution is 2.19. The quantitative estimate of drug-likeness (QED) is 0.298. The van der Waals surface area contributed by atoms with Crippen molar-refractivity contribution in [2.24, 2.45) is 0 Å². The third-order valence-electron chi connectivity index (χ3n) is 4.87. The normalized spacial score (nSPS) is 12.5. The van der Waals surface area contributed by atoms with Crippen molar-refractivity contribution < 1.29 is 13.4 Å². The highest BCUT2D eigenvalue weighted by molar-refractivity contribution is 5.74. The minimum Gasteiger partial charge on any atom is -0.440 e. The summed E-state index contributed by atoms with van der Waals surface area (Å²) >= 11 is 0. The second-order valence-corrected chi connectivity index (χ2v) is 6.75. The first-order valence-electron chi connectivity index (χ1n) is 10.1. The van der Waals surface area contributed by atoms with E-state index in [4.69, 9.17) is 8.83 Å². The summed E-state index contributed by atoms with van der Waals surface area (Å²) in [5.74, 6) is 1.59. The number of para-hydroxylation sites is 3. The first kappa shape index (κ1) is 18.9. The molecule has 0 bridgehead atoms. The fourth-order valence-electron chi connectivity index (χ4n) is 3.48. The summed E-state index contributed by atoms with van der Waals surface area (Å²) in [7, 11) is 0. The van der Waals surface area contributed by atoms with Crippen LogP contribution < -0.4 is 4.57 Å². The van der Waals surface area contributed by atoms with Crippen LogP contribution in [-0.2, 0) is 19.4 Å². The van der Waals surface area contributed by atoms with Crippen LogP contribution in [0, 0.1) is 0 Å². The van der Waals surface area contributed by atoms with Gasteiger partial charge in [0.25, 0.3) is 5.52 Å². The van der Waals surface area contributed by atoms with Gasteiger partial charge in [-0.15, -0.1) is 0 Å². The number of allylic oxidation sites excluding steroid dienone is 5. The van der Waals surface area contributed by atoms with Gasteiger partial charge in [0.1, 0.15) is 12.1 Å². The number of rotatable bonds is 7. The number of fused-ring (bicyclic) bond motifs is 2. The fourth-order valence-corrected chi connectivity index (χ4v) is 3.48. The van der Waals surface area contributed by atoms with Crippen LogP contribution in [0.3, 0.4) is 0 Å². The van der Waals surface area contributed by atoms with Gasteiger partial charge in [0.15, 0.2) is 11.5 Å². The van der Waals surface area contributed by atoms with Crippen molar-refractivity contribution in [1.82, 2.24) is 4.98 Å². The average Bonchev–Trinajstić information content (AvgIpc) is 3.33. The Labute approximate surface area is 170 Å². The Bertz CT molecular complexity index is 1180. The van der Waals surface area contributed by atoms with E-state index in [2.05, 4.69) is 35.5 Å². The van der Waals surface area contributed by atoms with Crippen molar-refractivity contribution >= 4 is 28.3 Å². The summed E-state index contributed by atoms with van der Waals surface area (Å²) < 4.78 is 14.0. The molecule has 0 saturated carbocycles. The van der Waals surface area contributed by atoms with Crippen molar-refractivity contribution in [3.05, 3.63) is 90.2 Å². The number of hydrogen-bond donors (Lipinski definition) is 0. The Hall–Kier alpha value is -3.40. The Morgan fingerprint density at radius 3 is 2.55 bits per heavy atom. The number of hydrogen-bond acceptors (Lipinski definition) is 3. The second kappa shape index (κ2) is 8.74. The maximum Gasteiger partial charge on any atom is 0.374 e. The molecule has 4 nitrogen and oxygen atoms in total. The van der Waals surface area contributed by atoms with Crippen LogP contribution in [0.2, 0.25) is 0 Å². The number of aryl methyl sites for hydroxylation is 2. The fraction of sp³-hybridized carbons (Fsp3) is 0.200. The van der Waals surface area contributed by atoms with E-state index in [0.717, 1.165) is 41.4 Å². The molecule has 2 aromatic heterocycles. The highest BCUT2D eigenvalue weighted by atomic mass is 16.4. The lowest BCUT2D eigenvalue weighted by atomic mass is 10.1. The standard InChI is InChI=1S/C25H25N2O2/c1-3-19-13-12-16-22-25(19)27(4-2)24(29-22)18-9-7-5-6-8-17-23-26-20-14-10-11-15-21(20)28-23/h5-16,18H,3-4,17H2,1-2H3/q+1. The Morgan fingerprint density at radius 2 is 1.72 bits per heavy atom. The molecule has 0 aliphatic rings. The van der Waals surface area contributed by atoms with E-state index in [1.165, 1.54) is 11.1 Å². The van der Waals surface area contributed by atoms with Gasteiger partial charge < -0.3 is 8.83 Å². The lowest BCUT2D eigenvalue weighted by Gasteiger charge is -1.95. The van der Waals surface area contributed by atoms with E-state index in [9.17, 15) is 0 Å². The molecule has 0 spiro atoms. The Balaban J connectivity index is 1.42. The topological polar surface area (TPSA) is 43.1 Å². The van der Waals surface area contributed by atoms with Gasteiger partial charge in [-0.05, 0) is 31.5 Å². The molecular weight excluding hydrogens is 360 g/mol. The molecule has 2 aromatic carbocycles. The molecule has 2 heterocycles. The molecule has 0 unspecified atom stereocenters. The zero-order valence-corrected chi connectivity index (χ0v) is 16.8. The molecule has 4 heteroatoms. The molecule has 4 aromatic rings. The molecule has 0 fully saturated rings. The van der Waals surface area contributed by atoms with Gasteiger partial charge in [-0.3, -0.25) is 0 Å². The summed E-state index contributed by atoms with van der Waals surface area (Å²) in [4.78, 5) is 4.47. The van der Waals surface area contributed by atoms with E-state index in [1.54, 1.807) is 0 Å². The second-order valence-electron chi connectivity index (χ2n) is 6.75. The summed E-state index contributed by atoms with van der Waals surface area (Å²) in [6, 6.07) is 14.1. The van der Waals surface area contributed by atoms with Crippen LogP contribution in [0.25, 0.3) is 28.3 Å². The van der Waals surface area contributed by atoms with Gasteiger partial charge in [0.05, 0.1) is 6.08 Å². The van der Waals surface area contributed by atoms with Crippen LogP contribution in [0.5, 0.6) is 0 Å². The lowest BCUT2D eigenvalue weighted by Crippen LogP contribution is -2.34. The minimum absolute atomic E-state index is 0.669. The molecule has 146 valence electrons. The molecular formula is C25H25N2O2+. The van der Waals surface area contributed by atoms with Crippen molar-refractivity contribution in [2.75, 3.05) is 0 Å². The van der Waals surface area contributed by atoms with E-state index in [1.807, 2.05) is 66.8 Å². The van der Waals surface area contributed by atoms with E-state index < -0.39 is 0 Å². The molecule has 4 rings (SSSR count). The smallest absolute Gasteiger partial charge is 0.374 e. The zero-order chi connectivity index (χ0) is 20.1. The van der Waals surface area contributed by atoms with Crippen molar-refractivity contribution in [2.45, 2.75) is 33.2 Å². The third-order valence-corrected chi connectivity index (χ3v) is 4.87. The Kier molecular flexibility index (Phi) is 5.71. The third kappa shape index (κ3) is 4.06. The van der Waals surface area contributed by atoms with Crippen molar-refractivity contribution in [3.8, 4) is 0 Å². The van der Waals surface area contributed by atoms with Crippen LogP contribution in [-0.4, -0.2) is 4.98 Å². The first-order valence-corrected chi connectivity index (χ1v) is 10.1. The summed E-state index contributed by atoms with van der Waals surface area (Å²) in [5, 5.41) is 0. The summed E-state index contributed by atoms with van der Waals surface area (Å²) in [6.45, 7) is 5.19. The maximum absolute atomic E-state index is 6.05. The van der Waals surface area contributed by atoms with Gasteiger partial charge >= 0.3 is 5.89 Å². The monoisotopic (exact) mass is 385 g/mol. The number of oxazole rings is 2. The molecule has 0 N–H and O–H groups in total. The van der Waals surface area contributed by atoms with E-state index in [0.29, 0.717) is 6.42 Å². The molecule has 0 amide bonds. The number of nitrogens with zero attached hydrogens (tertiary/aromatic N) is 2. The largest absolute Gasteiger partial charge is 0.440 e. The number of aromatic nitrogens is 2. The predicted molar refractivity (Wildman–Crippen MR) is 116 cm³/mol. The molecule has 0 aliphatic heterocycles. The van der Waals surface area contributed by atoms with Crippen LogP contribution in [0.1, 0.15) is 31.2 Å². The van der Waals surface area contributed by atoms with Gasteiger partial charge in [0, 0.05) is 12.0 Å². The maximum atomic E-state index is 6.05. The average molecular weight is 385 g/mol. The van der Waals surface area contributed by atoms with E-state index >= 15 is 0 Å². The van der Waals surface area contributed by atoms with Gasteiger partial charge in [-0.1, -0.05) is 61.6 Å². The minimum atomic E-state index is 0.669. The lowest BCUT2D eigenvalue weighted by molar-refractivity contribution is -0.674. The van der Waals surface area contributed by atoms with Gasteiger partial charge in [-0.25, -0.2) is 4.98 Å². The molecule has 0 atom stereocenters. The van der Waals surface area contributed by atoms with Gasteiger partial charge in [0.2, 0.25) is 5.58 Å². The number of benzene rings is 2. The highest BCUT2D eigenvalue weighted by Gasteiger charge is 2.21. The molecule has 0 aliphatic carbocycles. The van der Waals surface area contributed by atoms with Crippen LogP contribution in [0.4, 0.5) is 0 Å². The predicted octanol–water partition coefficient (Wildman–Crippen LogP) is 5.81. The van der Waals surface area contributed by atoms with Crippen molar-refractivity contribution in [1.29, 1.82) is 0 Å². The van der Waals surface area contributed by atoms with Crippen LogP contribution >= 0.6 is 0 Å². The molecule has 0 radical (unpaired) electrons. The SMILES string of the molecule is CCc1cccc2oc(C=CC=CC=CCc3nc4ccccc4o3)[n+](CC)c12.